The van der Waals surface area contributed by atoms with E-state index in [9.17, 15) is 9.59 Å². The molecular formula is C25H27N3O2. The molecule has 2 amide bonds. The van der Waals surface area contributed by atoms with Crippen molar-refractivity contribution in [3.8, 4) is 0 Å². The second kappa shape index (κ2) is 9.74. The second-order valence-corrected chi connectivity index (χ2v) is 7.51. The Hall–Kier alpha value is -3.60. The molecule has 0 fully saturated rings. The number of anilines is 2. The zero-order chi connectivity index (χ0) is 21.5. The van der Waals surface area contributed by atoms with Crippen LogP contribution in [0.2, 0.25) is 0 Å². The zero-order valence-electron chi connectivity index (χ0n) is 17.6. The van der Waals surface area contributed by atoms with Gasteiger partial charge < -0.3 is 15.5 Å². The van der Waals surface area contributed by atoms with E-state index in [4.69, 9.17) is 0 Å². The predicted molar refractivity (Wildman–Crippen MR) is 122 cm³/mol. The lowest BCUT2D eigenvalue weighted by Gasteiger charge is -2.18. The van der Waals surface area contributed by atoms with Gasteiger partial charge in [-0.2, -0.15) is 0 Å². The third kappa shape index (κ3) is 5.95. The summed E-state index contributed by atoms with van der Waals surface area (Å²) in [5.74, 6) is -0.208. The molecule has 5 heteroatoms. The molecule has 0 aliphatic rings. The Morgan fingerprint density at radius 2 is 1.53 bits per heavy atom. The number of nitrogens with zero attached hydrogens (tertiary/aromatic N) is 1. The van der Waals surface area contributed by atoms with Crippen LogP contribution in [0.5, 0.6) is 0 Å². The maximum absolute atomic E-state index is 12.8. The first-order chi connectivity index (χ1) is 14.4. The number of rotatable bonds is 7. The van der Waals surface area contributed by atoms with Crippen LogP contribution in [0.3, 0.4) is 0 Å². The summed E-state index contributed by atoms with van der Waals surface area (Å²) in [5, 5.41) is 6.00. The Bertz CT molecular complexity index is 1010. The Labute approximate surface area is 177 Å². The number of hydrogen-bond acceptors (Lipinski definition) is 3. The van der Waals surface area contributed by atoms with E-state index in [0.717, 1.165) is 28.1 Å². The highest BCUT2D eigenvalue weighted by molar-refractivity contribution is 5.96. The van der Waals surface area contributed by atoms with Crippen molar-refractivity contribution in [2.75, 3.05) is 24.2 Å². The summed E-state index contributed by atoms with van der Waals surface area (Å²) in [7, 11) is 1.78. The quantitative estimate of drug-likeness (QED) is 0.607. The molecule has 30 heavy (non-hydrogen) atoms. The number of benzene rings is 3. The summed E-state index contributed by atoms with van der Waals surface area (Å²) < 4.78 is 0. The van der Waals surface area contributed by atoms with Crippen molar-refractivity contribution < 1.29 is 9.59 Å². The second-order valence-electron chi connectivity index (χ2n) is 7.51. The van der Waals surface area contributed by atoms with Gasteiger partial charge in [-0.05, 0) is 60.9 Å². The maximum atomic E-state index is 12.8. The molecule has 0 saturated heterocycles. The van der Waals surface area contributed by atoms with Gasteiger partial charge in [-0.3, -0.25) is 9.59 Å². The molecule has 3 aromatic rings. The summed E-state index contributed by atoms with van der Waals surface area (Å²) in [4.78, 5) is 26.7. The molecule has 0 spiro atoms. The van der Waals surface area contributed by atoms with Crippen LogP contribution in [0.1, 0.15) is 27.0 Å². The molecule has 0 bridgehead atoms. The van der Waals surface area contributed by atoms with Gasteiger partial charge in [-0.1, -0.05) is 42.5 Å². The Morgan fingerprint density at radius 3 is 2.23 bits per heavy atom. The first-order valence-electron chi connectivity index (χ1n) is 9.92. The summed E-state index contributed by atoms with van der Waals surface area (Å²) in [6.07, 6.45) is 0. The highest BCUT2D eigenvalue weighted by Gasteiger charge is 2.13. The third-order valence-corrected chi connectivity index (χ3v) is 4.68. The third-order valence-electron chi connectivity index (χ3n) is 4.68. The van der Waals surface area contributed by atoms with Crippen LogP contribution in [-0.2, 0) is 11.3 Å². The van der Waals surface area contributed by atoms with Crippen molar-refractivity contribution in [1.29, 1.82) is 0 Å². The van der Waals surface area contributed by atoms with E-state index in [0.29, 0.717) is 12.1 Å². The number of hydrogen-bond donors (Lipinski definition) is 2. The number of aryl methyl sites for hydroxylation is 2. The topological polar surface area (TPSA) is 61.4 Å². The number of nitrogens with one attached hydrogen (secondary N) is 2. The number of carbonyl (C=O) groups excluding carboxylic acids is 2. The number of amides is 2. The largest absolute Gasteiger partial charge is 0.376 e. The van der Waals surface area contributed by atoms with Gasteiger partial charge in [0, 0.05) is 30.5 Å². The molecule has 3 aromatic carbocycles. The van der Waals surface area contributed by atoms with E-state index >= 15 is 0 Å². The summed E-state index contributed by atoms with van der Waals surface area (Å²) in [5.41, 5.74) is 5.36. The standard InChI is InChI=1S/C25H27N3O2/c1-18-12-19(2)14-23(13-18)27-24(29)16-26-22-11-7-10-21(15-22)25(30)28(3)17-20-8-5-4-6-9-20/h4-15,26H,16-17H2,1-3H3,(H,27,29). The van der Waals surface area contributed by atoms with Crippen molar-refractivity contribution in [2.24, 2.45) is 0 Å². The van der Waals surface area contributed by atoms with Gasteiger partial charge in [0.15, 0.2) is 0 Å². The molecule has 0 atom stereocenters. The molecule has 2 N–H and O–H groups in total. The molecule has 3 rings (SSSR count). The first kappa shape index (κ1) is 21.1. The lowest BCUT2D eigenvalue weighted by Crippen LogP contribution is -2.26. The maximum Gasteiger partial charge on any atom is 0.253 e. The minimum absolute atomic E-state index is 0.0674. The molecule has 0 saturated carbocycles. The average molecular weight is 402 g/mol. The molecule has 0 aromatic heterocycles. The molecule has 5 nitrogen and oxygen atoms in total. The molecule has 154 valence electrons. The average Bonchev–Trinajstić information content (AvgIpc) is 2.72. The fourth-order valence-electron chi connectivity index (χ4n) is 3.35. The summed E-state index contributed by atoms with van der Waals surface area (Å²) >= 11 is 0. The van der Waals surface area contributed by atoms with Crippen molar-refractivity contribution >= 4 is 23.2 Å². The van der Waals surface area contributed by atoms with E-state index in [-0.39, 0.29) is 18.4 Å². The van der Waals surface area contributed by atoms with E-state index in [2.05, 4.69) is 16.7 Å². The normalized spacial score (nSPS) is 10.4. The highest BCUT2D eigenvalue weighted by Crippen LogP contribution is 2.15. The van der Waals surface area contributed by atoms with E-state index in [1.54, 1.807) is 24.1 Å². The van der Waals surface area contributed by atoms with Crippen molar-refractivity contribution in [2.45, 2.75) is 20.4 Å². The van der Waals surface area contributed by atoms with Crippen LogP contribution < -0.4 is 10.6 Å². The molecular weight excluding hydrogens is 374 g/mol. The van der Waals surface area contributed by atoms with Crippen LogP contribution in [0.25, 0.3) is 0 Å². The van der Waals surface area contributed by atoms with Crippen molar-refractivity contribution in [3.05, 3.63) is 95.1 Å². The first-order valence-corrected chi connectivity index (χ1v) is 9.92. The Morgan fingerprint density at radius 1 is 0.833 bits per heavy atom. The Kier molecular flexibility index (Phi) is 6.86. The lowest BCUT2D eigenvalue weighted by atomic mass is 10.1. The highest BCUT2D eigenvalue weighted by atomic mass is 16.2. The van der Waals surface area contributed by atoms with E-state index in [1.165, 1.54) is 0 Å². The van der Waals surface area contributed by atoms with Gasteiger partial charge in [0.05, 0.1) is 6.54 Å². The SMILES string of the molecule is Cc1cc(C)cc(NC(=O)CNc2cccc(C(=O)N(C)Cc3ccccc3)c2)c1. The lowest BCUT2D eigenvalue weighted by molar-refractivity contribution is -0.114. The fraction of sp³-hybridized carbons (Fsp3) is 0.200. The van der Waals surface area contributed by atoms with Crippen molar-refractivity contribution in [1.82, 2.24) is 4.90 Å². The molecule has 0 unspecified atom stereocenters. The van der Waals surface area contributed by atoms with E-state index in [1.807, 2.05) is 68.4 Å². The smallest absolute Gasteiger partial charge is 0.253 e. The predicted octanol–water partition coefficient (Wildman–Crippen LogP) is 4.63. The van der Waals surface area contributed by atoms with Crippen LogP contribution in [0.15, 0.2) is 72.8 Å². The van der Waals surface area contributed by atoms with Gasteiger partial charge in [0.25, 0.3) is 5.91 Å². The van der Waals surface area contributed by atoms with Crippen molar-refractivity contribution in [3.63, 3.8) is 0 Å². The van der Waals surface area contributed by atoms with E-state index < -0.39 is 0 Å². The van der Waals surface area contributed by atoms with Crippen LogP contribution in [0.4, 0.5) is 11.4 Å². The van der Waals surface area contributed by atoms with Crippen LogP contribution >= 0.6 is 0 Å². The minimum atomic E-state index is -0.141. The molecule has 0 radical (unpaired) electrons. The zero-order valence-corrected chi connectivity index (χ0v) is 17.6. The number of carbonyl (C=O) groups is 2. The van der Waals surface area contributed by atoms with Gasteiger partial charge in [0.1, 0.15) is 0 Å². The monoisotopic (exact) mass is 401 g/mol. The van der Waals surface area contributed by atoms with Gasteiger partial charge in [-0.15, -0.1) is 0 Å². The van der Waals surface area contributed by atoms with Gasteiger partial charge in [-0.25, -0.2) is 0 Å². The van der Waals surface area contributed by atoms with Gasteiger partial charge in [0.2, 0.25) is 5.91 Å². The molecule has 0 aliphatic heterocycles. The Balaban J connectivity index is 1.58. The molecule has 0 aliphatic carbocycles. The fourth-order valence-corrected chi connectivity index (χ4v) is 3.35. The molecule has 0 heterocycles. The van der Waals surface area contributed by atoms with Crippen LogP contribution in [-0.4, -0.2) is 30.3 Å². The van der Waals surface area contributed by atoms with Gasteiger partial charge >= 0.3 is 0 Å². The van der Waals surface area contributed by atoms with Crippen LogP contribution in [0, 0.1) is 13.8 Å². The summed E-state index contributed by atoms with van der Waals surface area (Å²) in [6.45, 7) is 4.65. The minimum Gasteiger partial charge on any atom is -0.376 e. The summed E-state index contributed by atoms with van der Waals surface area (Å²) in [6, 6.07) is 23.0.